The summed E-state index contributed by atoms with van der Waals surface area (Å²) in [5, 5.41) is 4.35. The van der Waals surface area contributed by atoms with Crippen LogP contribution in [0.25, 0.3) is 22.1 Å². The van der Waals surface area contributed by atoms with Gasteiger partial charge in [0.25, 0.3) is 0 Å². The summed E-state index contributed by atoms with van der Waals surface area (Å²) >= 11 is 0. The zero-order valence-electron chi connectivity index (χ0n) is 14.5. The molecular formula is C21H17NO4. The number of hydrogen-bond acceptors (Lipinski definition) is 5. The monoisotopic (exact) mass is 347 g/mol. The van der Waals surface area contributed by atoms with E-state index in [1.807, 2.05) is 43.3 Å². The van der Waals surface area contributed by atoms with Crippen LogP contribution in [0.15, 0.2) is 68.3 Å². The van der Waals surface area contributed by atoms with Crippen LogP contribution in [0.4, 0.5) is 0 Å². The molecule has 0 N–H and O–H groups in total. The summed E-state index contributed by atoms with van der Waals surface area (Å²) in [6, 6.07) is 16.6. The fourth-order valence-corrected chi connectivity index (χ4v) is 2.95. The third-order valence-corrected chi connectivity index (χ3v) is 4.16. The van der Waals surface area contributed by atoms with E-state index >= 15 is 0 Å². The average Bonchev–Trinajstić information content (AvgIpc) is 3.06. The van der Waals surface area contributed by atoms with Crippen molar-refractivity contribution in [2.24, 2.45) is 0 Å². The van der Waals surface area contributed by atoms with Crippen LogP contribution in [0.2, 0.25) is 0 Å². The van der Waals surface area contributed by atoms with Gasteiger partial charge in [0.15, 0.2) is 5.76 Å². The maximum absolute atomic E-state index is 12.9. The molecule has 0 radical (unpaired) electrons. The first-order chi connectivity index (χ1) is 12.6. The molecule has 4 rings (SSSR count). The molecule has 2 aromatic carbocycles. The highest BCUT2D eigenvalue weighted by molar-refractivity contribution is 5.83. The summed E-state index contributed by atoms with van der Waals surface area (Å²) in [6.07, 6.45) is 0. The van der Waals surface area contributed by atoms with Gasteiger partial charge in [-0.05, 0) is 31.5 Å². The molecule has 4 aromatic rings. The van der Waals surface area contributed by atoms with Crippen LogP contribution < -0.4 is 10.2 Å². The second-order valence-corrected chi connectivity index (χ2v) is 6.11. The second-order valence-electron chi connectivity index (χ2n) is 6.11. The Morgan fingerprint density at radius 3 is 2.58 bits per heavy atom. The van der Waals surface area contributed by atoms with E-state index in [4.69, 9.17) is 13.7 Å². The minimum atomic E-state index is -0.0487. The van der Waals surface area contributed by atoms with Gasteiger partial charge in [-0.2, -0.15) is 0 Å². The van der Waals surface area contributed by atoms with Crippen molar-refractivity contribution >= 4 is 11.0 Å². The van der Waals surface area contributed by atoms with Crippen LogP contribution in [0.5, 0.6) is 5.75 Å². The highest BCUT2D eigenvalue weighted by atomic mass is 16.5. The SMILES string of the molecule is Cc1cc(COc2ccc3c(=O)c(-c4ccccc4)c(C)oc3c2)on1. The number of hydrogen-bond donors (Lipinski definition) is 0. The van der Waals surface area contributed by atoms with Crippen molar-refractivity contribution in [2.45, 2.75) is 20.5 Å². The highest BCUT2D eigenvalue weighted by Crippen LogP contribution is 2.26. The highest BCUT2D eigenvalue weighted by Gasteiger charge is 2.14. The van der Waals surface area contributed by atoms with Crippen LogP contribution in [0.1, 0.15) is 17.2 Å². The molecular weight excluding hydrogens is 330 g/mol. The molecule has 2 heterocycles. The van der Waals surface area contributed by atoms with E-state index in [0.29, 0.717) is 33.8 Å². The molecule has 0 bridgehead atoms. The van der Waals surface area contributed by atoms with E-state index < -0.39 is 0 Å². The fourth-order valence-electron chi connectivity index (χ4n) is 2.95. The van der Waals surface area contributed by atoms with Gasteiger partial charge in [0.05, 0.1) is 16.6 Å². The molecule has 0 saturated carbocycles. The lowest BCUT2D eigenvalue weighted by atomic mass is 10.0. The van der Waals surface area contributed by atoms with Gasteiger partial charge >= 0.3 is 0 Å². The zero-order chi connectivity index (χ0) is 18.1. The second kappa shape index (κ2) is 6.52. The van der Waals surface area contributed by atoms with Gasteiger partial charge in [0, 0.05) is 12.1 Å². The molecule has 0 aliphatic heterocycles. The maximum Gasteiger partial charge on any atom is 0.200 e. The quantitative estimate of drug-likeness (QED) is 0.538. The van der Waals surface area contributed by atoms with Gasteiger partial charge in [-0.1, -0.05) is 35.5 Å². The Hall–Kier alpha value is -3.34. The molecule has 2 aromatic heterocycles. The van der Waals surface area contributed by atoms with Crippen molar-refractivity contribution in [3.63, 3.8) is 0 Å². The van der Waals surface area contributed by atoms with E-state index in [2.05, 4.69) is 5.16 Å². The molecule has 0 fully saturated rings. The molecule has 26 heavy (non-hydrogen) atoms. The largest absolute Gasteiger partial charge is 0.485 e. The Morgan fingerprint density at radius 2 is 1.85 bits per heavy atom. The average molecular weight is 347 g/mol. The Labute approximate surface area is 149 Å². The lowest BCUT2D eigenvalue weighted by Crippen LogP contribution is -2.07. The van der Waals surface area contributed by atoms with Crippen molar-refractivity contribution in [1.29, 1.82) is 0 Å². The van der Waals surface area contributed by atoms with Crippen molar-refractivity contribution in [3.8, 4) is 16.9 Å². The molecule has 5 nitrogen and oxygen atoms in total. The predicted molar refractivity (Wildman–Crippen MR) is 98.2 cm³/mol. The van der Waals surface area contributed by atoms with Crippen LogP contribution in [-0.4, -0.2) is 5.16 Å². The smallest absolute Gasteiger partial charge is 0.200 e. The van der Waals surface area contributed by atoms with Crippen molar-refractivity contribution < 1.29 is 13.7 Å². The van der Waals surface area contributed by atoms with E-state index in [1.54, 1.807) is 25.1 Å². The number of fused-ring (bicyclic) bond motifs is 1. The topological polar surface area (TPSA) is 65.5 Å². The molecule has 130 valence electrons. The van der Waals surface area contributed by atoms with Crippen LogP contribution in [0.3, 0.4) is 0 Å². The molecule has 0 aliphatic rings. The van der Waals surface area contributed by atoms with Crippen LogP contribution in [0, 0.1) is 13.8 Å². The third-order valence-electron chi connectivity index (χ3n) is 4.16. The van der Waals surface area contributed by atoms with Gasteiger partial charge in [0.1, 0.15) is 23.7 Å². The number of aromatic nitrogens is 1. The van der Waals surface area contributed by atoms with E-state index in [1.165, 1.54) is 0 Å². The van der Waals surface area contributed by atoms with Crippen molar-refractivity contribution in [3.05, 3.63) is 82.0 Å². The fraction of sp³-hybridized carbons (Fsp3) is 0.143. The number of aryl methyl sites for hydroxylation is 2. The Morgan fingerprint density at radius 1 is 1.04 bits per heavy atom. The van der Waals surface area contributed by atoms with E-state index in [9.17, 15) is 4.79 Å². The van der Waals surface area contributed by atoms with Crippen molar-refractivity contribution in [2.75, 3.05) is 0 Å². The van der Waals surface area contributed by atoms with Crippen molar-refractivity contribution in [1.82, 2.24) is 5.16 Å². The van der Waals surface area contributed by atoms with Crippen LogP contribution >= 0.6 is 0 Å². The molecule has 0 spiro atoms. The van der Waals surface area contributed by atoms with Crippen LogP contribution in [-0.2, 0) is 6.61 Å². The van der Waals surface area contributed by atoms with Gasteiger partial charge in [-0.25, -0.2) is 0 Å². The lowest BCUT2D eigenvalue weighted by molar-refractivity contribution is 0.249. The maximum atomic E-state index is 12.9. The molecule has 0 aliphatic carbocycles. The first-order valence-corrected chi connectivity index (χ1v) is 8.30. The molecule has 0 unspecified atom stereocenters. The third kappa shape index (κ3) is 2.99. The molecule has 0 atom stereocenters. The number of rotatable bonds is 4. The lowest BCUT2D eigenvalue weighted by Gasteiger charge is -2.09. The first kappa shape index (κ1) is 16.1. The molecule has 5 heteroatoms. The summed E-state index contributed by atoms with van der Waals surface area (Å²) < 4.78 is 16.7. The Bertz CT molecular complexity index is 1130. The number of nitrogens with zero attached hydrogens (tertiary/aromatic N) is 1. The summed E-state index contributed by atoms with van der Waals surface area (Å²) in [4.78, 5) is 12.9. The number of ether oxygens (including phenoxy) is 1. The minimum Gasteiger partial charge on any atom is -0.485 e. The molecule has 0 saturated heterocycles. The molecule has 0 amide bonds. The standard InChI is InChI=1S/C21H17NO4/c1-13-10-17(26-22-13)12-24-16-8-9-18-19(11-16)25-14(2)20(21(18)23)15-6-4-3-5-7-15/h3-11H,12H2,1-2H3. The minimum absolute atomic E-state index is 0.0487. The van der Waals surface area contributed by atoms with Gasteiger partial charge in [-0.15, -0.1) is 0 Å². The Balaban J connectivity index is 1.70. The van der Waals surface area contributed by atoms with Gasteiger partial charge < -0.3 is 13.7 Å². The summed E-state index contributed by atoms with van der Waals surface area (Å²) in [5.41, 5.74) is 2.69. The predicted octanol–water partition coefficient (Wildman–Crippen LogP) is 4.64. The summed E-state index contributed by atoms with van der Waals surface area (Å²) in [7, 11) is 0. The Kier molecular flexibility index (Phi) is 4.05. The van der Waals surface area contributed by atoms with Gasteiger partial charge in [0.2, 0.25) is 5.43 Å². The van der Waals surface area contributed by atoms with E-state index in [-0.39, 0.29) is 12.0 Å². The van der Waals surface area contributed by atoms with E-state index in [0.717, 1.165) is 11.3 Å². The van der Waals surface area contributed by atoms with Gasteiger partial charge in [-0.3, -0.25) is 4.79 Å². The summed E-state index contributed by atoms with van der Waals surface area (Å²) in [5.74, 6) is 1.82. The zero-order valence-corrected chi connectivity index (χ0v) is 14.5. The number of benzene rings is 2. The normalized spacial score (nSPS) is 11.0. The first-order valence-electron chi connectivity index (χ1n) is 8.30. The summed E-state index contributed by atoms with van der Waals surface area (Å²) in [6.45, 7) is 3.91.